The first-order valence-electron chi connectivity index (χ1n) is 22.4. The molecule has 314 valence electrons. The summed E-state index contributed by atoms with van der Waals surface area (Å²) in [6, 6.07) is 54.8. The van der Waals surface area contributed by atoms with Crippen LogP contribution in [0.4, 0.5) is 0 Å². The van der Waals surface area contributed by atoms with Gasteiger partial charge in [-0.15, -0.1) is 0 Å². The fourth-order valence-electron chi connectivity index (χ4n) is 10.3. The van der Waals surface area contributed by atoms with Crippen molar-refractivity contribution in [1.29, 1.82) is 0 Å². The summed E-state index contributed by atoms with van der Waals surface area (Å²) in [7, 11) is 0. The van der Waals surface area contributed by atoms with Crippen LogP contribution in [0.15, 0.2) is 195 Å². The van der Waals surface area contributed by atoms with E-state index in [0.29, 0.717) is 17.5 Å². The summed E-state index contributed by atoms with van der Waals surface area (Å²) >= 11 is 0. The Bertz CT molecular complexity index is 3710. The molecule has 0 N–H and O–H groups in total. The molecule has 6 aromatic carbocycles. The highest BCUT2D eigenvalue weighted by atomic mass is 15.0. The van der Waals surface area contributed by atoms with Crippen molar-refractivity contribution >= 4 is 43.6 Å². The fourth-order valence-corrected chi connectivity index (χ4v) is 10.3. The van der Waals surface area contributed by atoms with Crippen LogP contribution in [0.1, 0.15) is 25.0 Å². The third kappa shape index (κ3) is 6.29. The minimum atomic E-state index is -0.305. The maximum atomic E-state index is 5.50. The number of aromatic nitrogens is 8. The molecule has 1 aliphatic rings. The number of hydrogen-bond acceptors (Lipinski definition) is 8. The van der Waals surface area contributed by atoms with E-state index in [1.54, 1.807) is 6.20 Å². The van der Waals surface area contributed by atoms with Crippen molar-refractivity contribution in [2.45, 2.75) is 19.3 Å². The average Bonchev–Trinajstić information content (AvgIpc) is 3.62. The van der Waals surface area contributed by atoms with Gasteiger partial charge in [-0.3, -0.25) is 24.9 Å². The predicted molar refractivity (Wildman–Crippen MR) is 269 cm³/mol. The van der Waals surface area contributed by atoms with E-state index < -0.39 is 0 Å². The van der Waals surface area contributed by atoms with E-state index in [9.17, 15) is 0 Å². The monoisotopic (exact) mass is 858 g/mol. The Morgan fingerprint density at radius 2 is 0.910 bits per heavy atom. The van der Waals surface area contributed by atoms with Gasteiger partial charge in [0.2, 0.25) is 0 Å². The van der Waals surface area contributed by atoms with Gasteiger partial charge in [-0.05, 0) is 105 Å². The Morgan fingerprint density at radius 3 is 1.57 bits per heavy atom. The summed E-state index contributed by atoms with van der Waals surface area (Å²) in [6.45, 7) is 4.60. The van der Waals surface area contributed by atoms with Gasteiger partial charge >= 0.3 is 0 Å². The van der Waals surface area contributed by atoms with Gasteiger partial charge in [0, 0.05) is 92.0 Å². The molecule has 0 atom stereocenters. The van der Waals surface area contributed by atoms with Gasteiger partial charge in [0.05, 0.1) is 22.1 Å². The Labute approximate surface area is 385 Å². The summed E-state index contributed by atoms with van der Waals surface area (Å²) in [4.78, 5) is 40.4. The Hall–Kier alpha value is -8.88. The molecule has 8 heteroatoms. The van der Waals surface area contributed by atoms with Gasteiger partial charge in [-0.25, -0.2) is 15.0 Å². The highest BCUT2D eigenvalue weighted by Gasteiger charge is 2.38. The van der Waals surface area contributed by atoms with E-state index in [2.05, 4.69) is 146 Å². The molecular weight excluding hydrogens is 821 g/mol. The Kier molecular flexibility index (Phi) is 8.70. The number of pyridine rings is 5. The van der Waals surface area contributed by atoms with Crippen LogP contribution < -0.4 is 0 Å². The van der Waals surface area contributed by atoms with Crippen LogP contribution in [-0.4, -0.2) is 39.9 Å². The second kappa shape index (κ2) is 15.1. The molecule has 6 heterocycles. The van der Waals surface area contributed by atoms with Crippen molar-refractivity contribution < 1.29 is 0 Å². The van der Waals surface area contributed by atoms with Crippen molar-refractivity contribution in [3.05, 3.63) is 206 Å². The van der Waals surface area contributed by atoms with Crippen LogP contribution in [-0.2, 0) is 5.41 Å². The first-order valence-corrected chi connectivity index (χ1v) is 22.4. The number of fused-ring (bicyclic) bond motifs is 7. The van der Waals surface area contributed by atoms with Crippen LogP contribution in [0.25, 0.3) is 122 Å². The number of rotatable bonds is 6. The molecular formula is C59H38N8. The molecule has 0 fully saturated rings. The van der Waals surface area contributed by atoms with Crippen molar-refractivity contribution in [2.24, 2.45) is 0 Å². The molecule has 12 aromatic rings. The molecule has 1 aliphatic carbocycles. The first-order chi connectivity index (χ1) is 33.0. The normalized spacial score (nSPS) is 12.7. The molecule has 67 heavy (non-hydrogen) atoms. The summed E-state index contributed by atoms with van der Waals surface area (Å²) in [5, 5.41) is 3.98. The van der Waals surface area contributed by atoms with E-state index in [4.69, 9.17) is 34.9 Å². The van der Waals surface area contributed by atoms with Crippen molar-refractivity contribution in [1.82, 2.24) is 39.9 Å². The van der Waals surface area contributed by atoms with Crippen LogP contribution in [0.5, 0.6) is 0 Å². The quantitative estimate of drug-likeness (QED) is 0.152. The van der Waals surface area contributed by atoms with E-state index in [0.717, 1.165) is 93.7 Å². The van der Waals surface area contributed by atoms with Crippen LogP contribution >= 0.6 is 0 Å². The van der Waals surface area contributed by atoms with E-state index in [1.807, 2.05) is 61.3 Å². The first kappa shape index (κ1) is 38.6. The second-order valence-electron chi connectivity index (χ2n) is 17.6. The number of benzene rings is 6. The Balaban J connectivity index is 1.11. The largest absolute Gasteiger partial charge is 0.264 e. The van der Waals surface area contributed by atoms with E-state index in [-0.39, 0.29) is 5.41 Å². The van der Waals surface area contributed by atoms with Crippen LogP contribution in [0.3, 0.4) is 0 Å². The lowest BCUT2D eigenvalue weighted by Gasteiger charge is -2.24. The van der Waals surface area contributed by atoms with Crippen molar-refractivity contribution in [2.75, 3.05) is 0 Å². The lowest BCUT2D eigenvalue weighted by molar-refractivity contribution is 0.661. The smallest absolute Gasteiger partial charge is 0.164 e. The third-order valence-electron chi connectivity index (χ3n) is 13.3. The average molecular weight is 859 g/mol. The van der Waals surface area contributed by atoms with Gasteiger partial charge in [-0.1, -0.05) is 111 Å². The molecule has 13 rings (SSSR count). The van der Waals surface area contributed by atoms with E-state index >= 15 is 0 Å². The van der Waals surface area contributed by atoms with Gasteiger partial charge < -0.3 is 0 Å². The van der Waals surface area contributed by atoms with Crippen LogP contribution in [0.2, 0.25) is 0 Å². The molecule has 0 amide bonds. The molecule has 8 nitrogen and oxygen atoms in total. The lowest BCUT2D eigenvalue weighted by atomic mass is 9.80. The highest BCUT2D eigenvalue weighted by molar-refractivity contribution is 6.13. The maximum absolute atomic E-state index is 5.50. The van der Waals surface area contributed by atoms with E-state index in [1.165, 1.54) is 22.3 Å². The minimum Gasteiger partial charge on any atom is -0.264 e. The zero-order valence-corrected chi connectivity index (χ0v) is 36.6. The molecule has 0 radical (unpaired) electrons. The fraction of sp³-hybridized carbons (Fsp3) is 0.0508. The molecule has 0 spiro atoms. The lowest BCUT2D eigenvalue weighted by Crippen LogP contribution is -2.17. The second-order valence-corrected chi connectivity index (χ2v) is 17.6. The molecule has 0 bridgehead atoms. The van der Waals surface area contributed by atoms with Gasteiger partial charge in [0.15, 0.2) is 17.5 Å². The number of hydrogen-bond donors (Lipinski definition) is 0. The predicted octanol–water partition coefficient (Wildman–Crippen LogP) is 13.8. The van der Waals surface area contributed by atoms with Gasteiger partial charge in [-0.2, -0.15) is 0 Å². The minimum absolute atomic E-state index is 0.305. The van der Waals surface area contributed by atoms with Crippen molar-refractivity contribution in [3.8, 4) is 78.7 Å². The number of nitrogens with zero attached hydrogens (tertiary/aromatic N) is 8. The Morgan fingerprint density at radius 1 is 0.373 bits per heavy atom. The summed E-state index contributed by atoms with van der Waals surface area (Å²) < 4.78 is 0. The van der Waals surface area contributed by atoms with Crippen LogP contribution in [0, 0.1) is 0 Å². The topological polar surface area (TPSA) is 103 Å². The summed E-state index contributed by atoms with van der Waals surface area (Å²) in [6.07, 6.45) is 11.1. The highest BCUT2D eigenvalue weighted by Crippen LogP contribution is 2.52. The molecule has 0 aliphatic heterocycles. The third-order valence-corrected chi connectivity index (χ3v) is 13.3. The molecule has 0 saturated heterocycles. The van der Waals surface area contributed by atoms with Crippen molar-refractivity contribution in [3.63, 3.8) is 0 Å². The molecule has 0 saturated carbocycles. The van der Waals surface area contributed by atoms with Gasteiger partial charge in [0.1, 0.15) is 0 Å². The van der Waals surface area contributed by atoms with Gasteiger partial charge in [0.25, 0.3) is 0 Å². The maximum Gasteiger partial charge on any atom is 0.164 e. The summed E-state index contributed by atoms with van der Waals surface area (Å²) in [5.74, 6) is 1.71. The zero-order chi connectivity index (χ0) is 44.6. The standard InChI is InChI=1S/C59H38N8/c1-59(2)48-19-4-3-14-43(48)44-15-5-16-47(53(44)59)58-66-56(36-22-20-35(21-23-36)39-13-6-24-60-34-39)65-57(67-58)42-30-40(51-45-17-9-25-61-49(45)32-37-11-7-27-63-54(37)51)29-41(31-42)52-46-18-10-26-62-50(46)33-38-12-8-28-64-55(38)52/h3-34H,1-2H3. The molecule has 0 unspecified atom stereocenters. The zero-order valence-electron chi connectivity index (χ0n) is 36.6. The summed E-state index contributed by atoms with van der Waals surface area (Å²) in [5.41, 5.74) is 16.7. The SMILES string of the molecule is CC1(C)c2ccccc2-c2cccc(-c3nc(-c4ccc(-c5cccnc5)cc4)nc(-c4cc(-c5c6cccnc6cc6cccnc56)cc(-c5c6cccnc6cc6cccnc56)c4)n3)c21. The molecule has 6 aromatic heterocycles.